The quantitative estimate of drug-likeness (QED) is 0.684. The Hall–Kier alpha value is -0.620. The van der Waals surface area contributed by atoms with Crippen LogP contribution in [0, 0.1) is 0 Å². The Morgan fingerprint density at radius 3 is 2.44 bits per heavy atom. The highest BCUT2D eigenvalue weighted by molar-refractivity contribution is 7.90. The fourth-order valence-corrected chi connectivity index (χ4v) is 2.75. The van der Waals surface area contributed by atoms with Gasteiger partial charge >= 0.3 is 0 Å². The third kappa shape index (κ3) is 6.96. The average molecular weight is 276 g/mol. The fraction of sp³-hybridized carbons (Fsp3) is 0.917. The second kappa shape index (κ2) is 7.74. The zero-order chi connectivity index (χ0) is 13.4. The van der Waals surface area contributed by atoms with E-state index in [0.717, 1.165) is 25.9 Å². The first-order valence-corrected chi connectivity index (χ1v) is 8.71. The van der Waals surface area contributed by atoms with Crippen LogP contribution in [0.1, 0.15) is 32.1 Å². The van der Waals surface area contributed by atoms with Crippen LogP contribution in [0.25, 0.3) is 0 Å². The molecule has 0 bridgehead atoms. The molecule has 1 heterocycles. The van der Waals surface area contributed by atoms with Gasteiger partial charge in [-0.05, 0) is 32.2 Å². The van der Waals surface area contributed by atoms with Gasteiger partial charge in [0.1, 0.15) is 9.84 Å². The maximum absolute atomic E-state index is 11.8. The second-order valence-corrected chi connectivity index (χ2v) is 7.18. The molecule has 0 aromatic carbocycles. The lowest BCUT2D eigenvalue weighted by molar-refractivity contribution is -0.131. The summed E-state index contributed by atoms with van der Waals surface area (Å²) in [6, 6.07) is 0. The van der Waals surface area contributed by atoms with E-state index in [4.69, 9.17) is 0 Å². The van der Waals surface area contributed by atoms with Gasteiger partial charge in [0, 0.05) is 32.3 Å². The van der Waals surface area contributed by atoms with E-state index < -0.39 is 9.84 Å². The lowest BCUT2D eigenvalue weighted by Crippen LogP contribution is -2.37. The minimum Gasteiger partial charge on any atom is -0.343 e. The first-order valence-electron chi connectivity index (χ1n) is 6.65. The molecule has 0 spiro atoms. The maximum Gasteiger partial charge on any atom is 0.223 e. The van der Waals surface area contributed by atoms with Gasteiger partial charge in [0.2, 0.25) is 5.91 Å². The summed E-state index contributed by atoms with van der Waals surface area (Å²) in [6.45, 7) is 3.08. The highest BCUT2D eigenvalue weighted by Crippen LogP contribution is 2.09. The molecular formula is C12H24N2O3S. The summed E-state index contributed by atoms with van der Waals surface area (Å²) in [7, 11) is -2.86. The summed E-state index contributed by atoms with van der Waals surface area (Å²) < 4.78 is 21.8. The van der Waals surface area contributed by atoms with Crippen molar-refractivity contribution < 1.29 is 13.2 Å². The lowest BCUT2D eigenvalue weighted by atomic mass is 10.1. The van der Waals surface area contributed by atoms with Crippen LogP contribution in [-0.4, -0.2) is 57.4 Å². The predicted octanol–water partition coefficient (Wildman–Crippen LogP) is 0.413. The third-order valence-corrected chi connectivity index (χ3v) is 4.12. The van der Waals surface area contributed by atoms with E-state index in [0.29, 0.717) is 25.9 Å². The summed E-state index contributed by atoms with van der Waals surface area (Å²) in [5.74, 6) is 0.422. The molecule has 6 heteroatoms. The van der Waals surface area contributed by atoms with E-state index in [-0.39, 0.29) is 11.7 Å². The van der Waals surface area contributed by atoms with Gasteiger partial charge in [0.15, 0.2) is 0 Å². The average Bonchev–Trinajstić information content (AvgIpc) is 2.33. The van der Waals surface area contributed by atoms with Gasteiger partial charge in [0.05, 0.1) is 5.75 Å². The van der Waals surface area contributed by atoms with Crippen molar-refractivity contribution in [1.29, 1.82) is 0 Å². The molecule has 0 radical (unpaired) electrons. The van der Waals surface area contributed by atoms with E-state index in [9.17, 15) is 13.2 Å². The number of carbonyl (C=O) groups is 1. The standard InChI is InChI=1S/C12H24N2O3S/c1-18(16,17)11-5-7-13-8-6-12(15)14-9-3-2-4-10-14/h13H,2-11H2,1H3. The van der Waals surface area contributed by atoms with Crippen LogP contribution in [0.3, 0.4) is 0 Å². The van der Waals surface area contributed by atoms with E-state index in [2.05, 4.69) is 5.32 Å². The number of nitrogens with one attached hydrogen (secondary N) is 1. The van der Waals surface area contributed by atoms with E-state index in [1.54, 1.807) is 0 Å². The molecule has 0 unspecified atom stereocenters. The first-order chi connectivity index (χ1) is 8.49. The Kier molecular flexibility index (Phi) is 6.63. The van der Waals surface area contributed by atoms with Gasteiger partial charge in [-0.15, -0.1) is 0 Å². The second-order valence-electron chi connectivity index (χ2n) is 4.92. The van der Waals surface area contributed by atoms with Crippen molar-refractivity contribution in [3.63, 3.8) is 0 Å². The Balaban J connectivity index is 2.01. The van der Waals surface area contributed by atoms with Gasteiger partial charge in [0.25, 0.3) is 0 Å². The maximum atomic E-state index is 11.8. The normalized spacial score (nSPS) is 16.8. The van der Waals surface area contributed by atoms with Crippen molar-refractivity contribution in [2.75, 3.05) is 38.2 Å². The zero-order valence-corrected chi connectivity index (χ0v) is 12.0. The number of nitrogens with zero attached hydrogens (tertiary/aromatic N) is 1. The minimum atomic E-state index is -2.86. The molecule has 5 nitrogen and oxygen atoms in total. The van der Waals surface area contributed by atoms with Crippen LogP contribution in [0.4, 0.5) is 0 Å². The zero-order valence-electron chi connectivity index (χ0n) is 11.2. The van der Waals surface area contributed by atoms with Gasteiger partial charge in [-0.25, -0.2) is 8.42 Å². The fourth-order valence-electron chi connectivity index (χ4n) is 2.08. The summed E-state index contributed by atoms with van der Waals surface area (Å²) in [5.41, 5.74) is 0. The smallest absolute Gasteiger partial charge is 0.223 e. The Morgan fingerprint density at radius 2 is 1.83 bits per heavy atom. The molecule has 1 N–H and O–H groups in total. The van der Waals surface area contributed by atoms with Gasteiger partial charge < -0.3 is 10.2 Å². The largest absolute Gasteiger partial charge is 0.343 e. The van der Waals surface area contributed by atoms with Gasteiger partial charge in [-0.2, -0.15) is 0 Å². The topological polar surface area (TPSA) is 66.5 Å². The molecule has 0 aliphatic carbocycles. The summed E-state index contributed by atoms with van der Waals surface area (Å²) in [6.07, 6.45) is 5.83. The van der Waals surface area contributed by atoms with Gasteiger partial charge in [-0.3, -0.25) is 4.79 Å². The van der Waals surface area contributed by atoms with E-state index in [1.807, 2.05) is 4.90 Å². The lowest BCUT2D eigenvalue weighted by Gasteiger charge is -2.26. The summed E-state index contributed by atoms with van der Waals surface area (Å²) >= 11 is 0. The highest BCUT2D eigenvalue weighted by Gasteiger charge is 2.15. The van der Waals surface area contributed by atoms with Crippen molar-refractivity contribution in [3.8, 4) is 0 Å². The molecule has 0 aromatic rings. The number of hydrogen-bond acceptors (Lipinski definition) is 4. The van der Waals surface area contributed by atoms with E-state index in [1.165, 1.54) is 12.7 Å². The molecular weight excluding hydrogens is 252 g/mol. The Morgan fingerprint density at radius 1 is 1.17 bits per heavy atom. The predicted molar refractivity (Wildman–Crippen MR) is 72.2 cm³/mol. The van der Waals surface area contributed by atoms with Crippen LogP contribution in [0.5, 0.6) is 0 Å². The number of carbonyl (C=O) groups excluding carboxylic acids is 1. The number of rotatable bonds is 7. The Labute approximate surface area is 110 Å². The highest BCUT2D eigenvalue weighted by atomic mass is 32.2. The minimum absolute atomic E-state index is 0.208. The molecule has 1 saturated heterocycles. The molecule has 0 atom stereocenters. The third-order valence-electron chi connectivity index (χ3n) is 3.09. The Bertz CT molecular complexity index is 348. The van der Waals surface area contributed by atoms with Crippen molar-refractivity contribution >= 4 is 15.7 Å². The van der Waals surface area contributed by atoms with Crippen molar-refractivity contribution in [2.24, 2.45) is 0 Å². The number of likely N-dealkylation sites (tertiary alicyclic amines) is 1. The number of amides is 1. The molecule has 1 amide bonds. The number of sulfone groups is 1. The monoisotopic (exact) mass is 276 g/mol. The SMILES string of the molecule is CS(=O)(=O)CCCNCCC(=O)N1CCCCC1. The number of hydrogen-bond donors (Lipinski definition) is 1. The molecule has 0 aromatic heterocycles. The van der Waals surface area contributed by atoms with Crippen LogP contribution in [0.15, 0.2) is 0 Å². The molecule has 0 saturated carbocycles. The first kappa shape index (κ1) is 15.4. The van der Waals surface area contributed by atoms with Crippen molar-refractivity contribution in [2.45, 2.75) is 32.1 Å². The van der Waals surface area contributed by atoms with Crippen LogP contribution < -0.4 is 5.32 Å². The summed E-state index contributed by atoms with van der Waals surface area (Å²) in [4.78, 5) is 13.7. The molecule has 1 rings (SSSR count). The van der Waals surface area contributed by atoms with Crippen LogP contribution in [-0.2, 0) is 14.6 Å². The number of piperidine rings is 1. The van der Waals surface area contributed by atoms with Crippen LogP contribution >= 0.6 is 0 Å². The molecule has 1 fully saturated rings. The molecule has 106 valence electrons. The van der Waals surface area contributed by atoms with Crippen molar-refractivity contribution in [1.82, 2.24) is 10.2 Å². The van der Waals surface area contributed by atoms with E-state index >= 15 is 0 Å². The van der Waals surface area contributed by atoms with Crippen LogP contribution in [0.2, 0.25) is 0 Å². The summed E-state index contributed by atoms with van der Waals surface area (Å²) in [5, 5.41) is 3.12. The molecule has 18 heavy (non-hydrogen) atoms. The van der Waals surface area contributed by atoms with Gasteiger partial charge in [-0.1, -0.05) is 0 Å². The molecule has 1 aliphatic heterocycles. The molecule has 1 aliphatic rings. The van der Waals surface area contributed by atoms with Crippen molar-refractivity contribution in [3.05, 3.63) is 0 Å².